The van der Waals surface area contributed by atoms with E-state index in [9.17, 15) is 14.4 Å². The molecule has 0 amide bonds. The van der Waals surface area contributed by atoms with Gasteiger partial charge in [-0.15, -0.1) is 0 Å². The molecule has 7 nitrogen and oxygen atoms in total. The van der Waals surface area contributed by atoms with E-state index in [4.69, 9.17) is 18.0 Å². The van der Waals surface area contributed by atoms with E-state index in [1.165, 1.54) is 23.4 Å². The first-order chi connectivity index (χ1) is 11.4. The maximum absolute atomic E-state index is 12.5. The van der Waals surface area contributed by atoms with Crippen LogP contribution in [0.4, 0.5) is 5.82 Å². The molecule has 2 rings (SSSR count). The highest BCUT2D eigenvalue weighted by Gasteiger charge is 2.23. The molecule has 9 heteroatoms. The molecule has 1 aliphatic heterocycles. The van der Waals surface area contributed by atoms with Crippen LogP contribution < -0.4 is 17.0 Å². The van der Waals surface area contributed by atoms with Crippen molar-refractivity contribution in [2.45, 2.75) is 32.7 Å². The Morgan fingerprint density at radius 2 is 1.92 bits per heavy atom. The number of carbonyl (C=O) groups excluding carboxylic acids is 1. The zero-order valence-corrected chi connectivity index (χ0v) is 15.5. The highest BCUT2D eigenvalue weighted by molar-refractivity contribution is 8.23. The van der Waals surface area contributed by atoms with Crippen LogP contribution >= 0.6 is 24.0 Å². The largest absolute Gasteiger partial charge is 0.384 e. The average Bonchev–Trinajstić information content (AvgIpc) is 3.09. The summed E-state index contributed by atoms with van der Waals surface area (Å²) in [5.74, 6) is -0.411. The molecule has 2 heterocycles. The van der Waals surface area contributed by atoms with E-state index in [2.05, 4.69) is 4.90 Å². The van der Waals surface area contributed by atoms with Crippen molar-refractivity contribution >= 4 is 39.9 Å². The van der Waals surface area contributed by atoms with Crippen molar-refractivity contribution in [3.8, 4) is 0 Å². The van der Waals surface area contributed by atoms with Crippen LogP contribution in [-0.4, -0.2) is 43.0 Å². The smallest absolute Gasteiger partial charge is 0.332 e. The molecule has 0 bridgehead atoms. The molecule has 0 aromatic carbocycles. The lowest BCUT2D eigenvalue weighted by Gasteiger charge is -2.17. The summed E-state index contributed by atoms with van der Waals surface area (Å²) in [6, 6.07) is 0. The second-order valence-corrected chi connectivity index (χ2v) is 7.34. The molecular formula is C15H22N4O3S2. The highest BCUT2D eigenvalue weighted by Crippen LogP contribution is 2.18. The fourth-order valence-corrected chi connectivity index (χ4v) is 3.80. The van der Waals surface area contributed by atoms with Crippen molar-refractivity contribution in [1.82, 2.24) is 14.0 Å². The SMILES string of the molecule is CCCn1c(N)c(C(=O)CSC(=S)N2CCCC2)c(=O)n(C)c1=O. The van der Waals surface area contributed by atoms with Crippen LogP contribution in [0.2, 0.25) is 0 Å². The van der Waals surface area contributed by atoms with Crippen molar-refractivity contribution < 1.29 is 4.79 Å². The maximum atomic E-state index is 12.5. The highest BCUT2D eigenvalue weighted by atomic mass is 32.2. The minimum Gasteiger partial charge on any atom is -0.384 e. The number of nitrogens with two attached hydrogens (primary N) is 1. The molecule has 0 atom stereocenters. The number of anilines is 1. The van der Waals surface area contributed by atoms with Gasteiger partial charge in [0, 0.05) is 26.7 Å². The van der Waals surface area contributed by atoms with Gasteiger partial charge in [-0.05, 0) is 19.3 Å². The Bertz CT molecular complexity index is 763. The van der Waals surface area contributed by atoms with Crippen molar-refractivity contribution in [2.24, 2.45) is 7.05 Å². The molecule has 0 radical (unpaired) electrons. The zero-order chi connectivity index (χ0) is 17.9. The third-order valence-electron chi connectivity index (χ3n) is 4.00. The van der Waals surface area contributed by atoms with Crippen LogP contribution in [0, 0.1) is 0 Å². The van der Waals surface area contributed by atoms with Gasteiger partial charge in [-0.3, -0.25) is 18.7 Å². The second-order valence-electron chi connectivity index (χ2n) is 5.73. The number of hydrogen-bond donors (Lipinski definition) is 1. The molecule has 1 aromatic rings. The molecule has 0 aliphatic carbocycles. The van der Waals surface area contributed by atoms with Crippen LogP contribution in [0.3, 0.4) is 0 Å². The van der Waals surface area contributed by atoms with Crippen molar-refractivity contribution in [1.29, 1.82) is 0 Å². The molecule has 24 heavy (non-hydrogen) atoms. The van der Waals surface area contributed by atoms with Gasteiger partial charge in [0.05, 0.1) is 5.75 Å². The van der Waals surface area contributed by atoms with E-state index in [0.717, 1.165) is 30.5 Å². The van der Waals surface area contributed by atoms with E-state index in [1.807, 2.05) is 6.92 Å². The van der Waals surface area contributed by atoms with E-state index in [0.29, 0.717) is 17.3 Å². The number of carbonyl (C=O) groups is 1. The number of rotatable bonds is 5. The van der Waals surface area contributed by atoms with Crippen LogP contribution in [0.1, 0.15) is 36.5 Å². The first-order valence-electron chi connectivity index (χ1n) is 7.92. The maximum Gasteiger partial charge on any atom is 0.332 e. The van der Waals surface area contributed by atoms with E-state index in [1.54, 1.807) is 0 Å². The topological polar surface area (TPSA) is 90.3 Å². The minimum absolute atomic E-state index is 0.0408. The normalized spacial score (nSPS) is 14.2. The molecule has 1 aromatic heterocycles. The van der Waals surface area contributed by atoms with Gasteiger partial charge in [0.1, 0.15) is 15.7 Å². The Morgan fingerprint density at radius 1 is 1.29 bits per heavy atom. The van der Waals surface area contributed by atoms with Gasteiger partial charge < -0.3 is 10.6 Å². The van der Waals surface area contributed by atoms with Crippen LogP contribution in [0.5, 0.6) is 0 Å². The number of ketones is 1. The number of likely N-dealkylation sites (tertiary alicyclic amines) is 1. The molecule has 0 saturated carbocycles. The molecule has 2 N–H and O–H groups in total. The summed E-state index contributed by atoms with van der Waals surface area (Å²) < 4.78 is 2.87. The van der Waals surface area contributed by atoms with Crippen molar-refractivity contribution in [3.63, 3.8) is 0 Å². The lowest BCUT2D eigenvalue weighted by atomic mass is 10.2. The minimum atomic E-state index is -0.650. The van der Waals surface area contributed by atoms with Gasteiger partial charge in [0.2, 0.25) is 0 Å². The Hall–Kier alpha value is -1.61. The Morgan fingerprint density at radius 3 is 2.50 bits per heavy atom. The Labute approximate surface area is 149 Å². The molecular weight excluding hydrogens is 348 g/mol. The summed E-state index contributed by atoms with van der Waals surface area (Å²) in [4.78, 5) is 39.0. The van der Waals surface area contributed by atoms with Gasteiger partial charge in [-0.25, -0.2) is 4.79 Å². The predicted molar refractivity (Wildman–Crippen MR) is 101 cm³/mol. The van der Waals surface area contributed by atoms with Gasteiger partial charge in [0.25, 0.3) is 5.56 Å². The monoisotopic (exact) mass is 370 g/mol. The quantitative estimate of drug-likeness (QED) is 0.606. The summed E-state index contributed by atoms with van der Waals surface area (Å²) in [5.41, 5.74) is 4.67. The number of nitrogen functional groups attached to an aromatic ring is 1. The van der Waals surface area contributed by atoms with Crippen LogP contribution in [-0.2, 0) is 13.6 Å². The molecule has 1 aliphatic rings. The predicted octanol–water partition coefficient (Wildman–Crippen LogP) is 0.836. The van der Waals surface area contributed by atoms with Crippen LogP contribution in [0.15, 0.2) is 9.59 Å². The third-order valence-corrected chi connectivity index (χ3v) is 5.52. The third kappa shape index (κ3) is 3.72. The molecule has 1 fully saturated rings. The first-order valence-corrected chi connectivity index (χ1v) is 9.32. The number of nitrogens with zero attached hydrogens (tertiary/aromatic N) is 3. The van der Waals surface area contributed by atoms with E-state index < -0.39 is 17.0 Å². The zero-order valence-electron chi connectivity index (χ0n) is 13.9. The molecule has 0 unspecified atom stereocenters. The number of thioether (sulfide) groups is 1. The number of hydrogen-bond acceptors (Lipinski definition) is 6. The first kappa shape index (κ1) is 18.7. The second kappa shape index (κ2) is 7.98. The summed E-state index contributed by atoms with van der Waals surface area (Å²) in [6.45, 7) is 4.07. The van der Waals surface area contributed by atoms with Gasteiger partial charge >= 0.3 is 5.69 Å². The van der Waals surface area contributed by atoms with E-state index >= 15 is 0 Å². The summed E-state index contributed by atoms with van der Waals surface area (Å²) >= 11 is 6.57. The molecule has 0 spiro atoms. The summed E-state index contributed by atoms with van der Waals surface area (Å²) in [6.07, 6.45) is 2.87. The summed E-state index contributed by atoms with van der Waals surface area (Å²) in [5, 5.41) is 0. The summed E-state index contributed by atoms with van der Waals surface area (Å²) in [7, 11) is 1.36. The molecule has 1 saturated heterocycles. The number of aromatic nitrogens is 2. The fourth-order valence-electron chi connectivity index (χ4n) is 2.68. The number of Topliss-reactive ketones (excluding diaryl/α,β-unsaturated/α-hetero) is 1. The van der Waals surface area contributed by atoms with Gasteiger partial charge in [0.15, 0.2) is 5.78 Å². The van der Waals surface area contributed by atoms with Crippen molar-refractivity contribution in [2.75, 3.05) is 24.6 Å². The average molecular weight is 371 g/mol. The van der Waals surface area contributed by atoms with Crippen molar-refractivity contribution in [3.05, 3.63) is 26.4 Å². The number of thiocarbonyl (C=S) groups is 1. The lowest BCUT2D eigenvalue weighted by Crippen LogP contribution is -2.43. The standard InChI is InChI=1S/C15H22N4O3S2/c1-3-6-19-12(16)11(13(21)17(2)14(19)22)10(20)9-24-15(23)18-7-4-5-8-18/h3-9,16H2,1-2H3. The van der Waals surface area contributed by atoms with Gasteiger partial charge in [-0.2, -0.15) is 0 Å². The van der Waals surface area contributed by atoms with Gasteiger partial charge in [-0.1, -0.05) is 30.9 Å². The fraction of sp³-hybridized carbons (Fsp3) is 0.600. The Balaban J connectivity index is 2.24. The Kier molecular flexibility index (Phi) is 6.22. The molecule has 132 valence electrons. The van der Waals surface area contributed by atoms with Crippen LogP contribution in [0.25, 0.3) is 0 Å². The van der Waals surface area contributed by atoms with E-state index in [-0.39, 0.29) is 17.1 Å². The lowest BCUT2D eigenvalue weighted by molar-refractivity contribution is 0.102.